The van der Waals surface area contributed by atoms with E-state index < -0.39 is 17.7 Å². The molecule has 1 aliphatic heterocycles. The van der Waals surface area contributed by atoms with Gasteiger partial charge in [0.25, 0.3) is 0 Å². The molecular weight excluding hydrogens is 334 g/mol. The summed E-state index contributed by atoms with van der Waals surface area (Å²) >= 11 is 0. The van der Waals surface area contributed by atoms with Crippen molar-refractivity contribution in [2.24, 2.45) is 5.92 Å². The first-order chi connectivity index (χ1) is 11.1. The second-order valence-electron chi connectivity index (χ2n) is 6.74. The summed E-state index contributed by atoms with van der Waals surface area (Å²) in [5.41, 5.74) is 0.345. The number of fused-ring (bicyclic) bond motifs is 1. The second-order valence-corrected chi connectivity index (χ2v) is 6.74. The van der Waals surface area contributed by atoms with Crippen LogP contribution in [0.15, 0.2) is 18.2 Å². The molecule has 0 radical (unpaired) electrons. The number of hydrogen-bond donors (Lipinski definition) is 2. The minimum Gasteiger partial charge on any atom is -0.348 e. The minimum atomic E-state index is -0.606. The van der Waals surface area contributed by atoms with E-state index in [1.54, 1.807) is 0 Å². The number of amides is 1. The fourth-order valence-electron chi connectivity index (χ4n) is 3.98. The smallest absolute Gasteiger partial charge is 0.237 e. The first kappa shape index (κ1) is 19.1. The molecule has 134 valence electrons. The third kappa shape index (κ3) is 4.06. The lowest BCUT2D eigenvalue weighted by Crippen LogP contribution is -2.44. The lowest BCUT2D eigenvalue weighted by molar-refractivity contribution is -0.123. The van der Waals surface area contributed by atoms with E-state index in [1.807, 2.05) is 6.92 Å². The molecule has 0 spiro atoms. The normalized spacial score (nSPS) is 27.0. The third-order valence-corrected chi connectivity index (χ3v) is 5.24. The summed E-state index contributed by atoms with van der Waals surface area (Å²) in [5, 5.41) is 6.36. The van der Waals surface area contributed by atoms with Crippen molar-refractivity contribution in [1.82, 2.24) is 10.6 Å². The highest BCUT2D eigenvalue weighted by Crippen LogP contribution is 2.33. The molecule has 1 saturated carbocycles. The summed E-state index contributed by atoms with van der Waals surface area (Å²) in [7, 11) is 0. The SMILES string of the molecule is CCC(NC(=O)C1CC2CCCCC2N1)c1ccc(F)cc1F.Cl. The van der Waals surface area contributed by atoms with Crippen LogP contribution in [-0.4, -0.2) is 18.0 Å². The van der Waals surface area contributed by atoms with Crippen LogP contribution in [0.4, 0.5) is 8.78 Å². The standard InChI is InChI=1S/C18H24F2N2O.ClH/c1-2-15(13-8-7-12(19)10-14(13)20)22-18(23)17-9-11-5-3-4-6-16(11)21-17;/h7-8,10-11,15-17,21H,2-6,9H2,1H3,(H,22,23);1H. The van der Waals surface area contributed by atoms with Crippen LogP contribution in [0.1, 0.15) is 57.1 Å². The molecule has 3 rings (SSSR count). The van der Waals surface area contributed by atoms with Crippen LogP contribution in [0.2, 0.25) is 0 Å². The van der Waals surface area contributed by atoms with Crippen LogP contribution in [0.25, 0.3) is 0 Å². The molecule has 24 heavy (non-hydrogen) atoms. The topological polar surface area (TPSA) is 41.1 Å². The molecule has 3 nitrogen and oxygen atoms in total. The van der Waals surface area contributed by atoms with E-state index in [1.165, 1.54) is 31.4 Å². The van der Waals surface area contributed by atoms with E-state index in [2.05, 4.69) is 10.6 Å². The van der Waals surface area contributed by atoms with Gasteiger partial charge in [0.1, 0.15) is 11.6 Å². The maximum absolute atomic E-state index is 13.9. The van der Waals surface area contributed by atoms with Gasteiger partial charge in [-0.15, -0.1) is 12.4 Å². The molecule has 1 amide bonds. The highest BCUT2D eigenvalue weighted by molar-refractivity contribution is 5.85. The van der Waals surface area contributed by atoms with Crippen molar-refractivity contribution in [3.8, 4) is 0 Å². The summed E-state index contributed by atoms with van der Waals surface area (Å²) in [4.78, 5) is 12.5. The zero-order chi connectivity index (χ0) is 16.4. The first-order valence-electron chi connectivity index (χ1n) is 8.60. The van der Waals surface area contributed by atoms with Crippen molar-refractivity contribution in [1.29, 1.82) is 0 Å². The molecule has 1 aliphatic carbocycles. The Kier molecular flexibility index (Phi) is 6.58. The van der Waals surface area contributed by atoms with Crippen LogP contribution in [0, 0.1) is 17.6 Å². The molecule has 6 heteroatoms. The summed E-state index contributed by atoms with van der Waals surface area (Å²) in [6.07, 6.45) is 6.21. The molecule has 2 aliphatic rings. The predicted molar refractivity (Wildman–Crippen MR) is 92.1 cm³/mol. The van der Waals surface area contributed by atoms with E-state index in [-0.39, 0.29) is 24.4 Å². The fourth-order valence-corrected chi connectivity index (χ4v) is 3.98. The molecule has 4 unspecified atom stereocenters. The fraction of sp³-hybridized carbons (Fsp3) is 0.611. The van der Waals surface area contributed by atoms with E-state index in [4.69, 9.17) is 0 Å². The Morgan fingerprint density at radius 1 is 1.33 bits per heavy atom. The Morgan fingerprint density at radius 3 is 2.75 bits per heavy atom. The van der Waals surface area contributed by atoms with Gasteiger partial charge in [-0.25, -0.2) is 8.78 Å². The van der Waals surface area contributed by atoms with E-state index in [9.17, 15) is 13.6 Å². The second kappa shape index (κ2) is 8.26. The lowest BCUT2D eigenvalue weighted by atomic mass is 9.85. The average Bonchev–Trinajstić information content (AvgIpc) is 2.97. The Hall–Kier alpha value is -1.20. The molecular formula is C18H25ClF2N2O. The number of carbonyl (C=O) groups excluding carboxylic acids is 1. The minimum absolute atomic E-state index is 0. The van der Waals surface area contributed by atoms with Crippen molar-refractivity contribution >= 4 is 18.3 Å². The van der Waals surface area contributed by atoms with Gasteiger partial charge in [0.15, 0.2) is 0 Å². The molecule has 1 heterocycles. The number of halogens is 3. The largest absolute Gasteiger partial charge is 0.348 e. The van der Waals surface area contributed by atoms with Gasteiger partial charge in [0.2, 0.25) is 5.91 Å². The van der Waals surface area contributed by atoms with Gasteiger partial charge in [0.05, 0.1) is 12.1 Å². The average molecular weight is 359 g/mol. The highest BCUT2D eigenvalue weighted by Gasteiger charge is 2.38. The number of hydrogen-bond acceptors (Lipinski definition) is 2. The molecule has 2 fully saturated rings. The van der Waals surface area contributed by atoms with Crippen LogP contribution < -0.4 is 10.6 Å². The van der Waals surface area contributed by atoms with Crippen molar-refractivity contribution in [2.75, 3.05) is 0 Å². The summed E-state index contributed by atoms with van der Waals surface area (Å²) in [6.45, 7) is 1.88. The maximum atomic E-state index is 13.9. The Labute approximate surface area is 148 Å². The van der Waals surface area contributed by atoms with Gasteiger partial charge < -0.3 is 10.6 Å². The van der Waals surface area contributed by atoms with Crippen LogP contribution in [0.3, 0.4) is 0 Å². The third-order valence-electron chi connectivity index (χ3n) is 5.24. The van der Waals surface area contributed by atoms with Crippen molar-refractivity contribution < 1.29 is 13.6 Å². The van der Waals surface area contributed by atoms with Crippen LogP contribution in [0.5, 0.6) is 0 Å². The Balaban J connectivity index is 0.00000208. The summed E-state index contributed by atoms with van der Waals surface area (Å²) in [6, 6.07) is 3.35. The maximum Gasteiger partial charge on any atom is 0.237 e. The monoisotopic (exact) mass is 358 g/mol. The first-order valence-corrected chi connectivity index (χ1v) is 8.60. The molecule has 1 aromatic carbocycles. The number of benzene rings is 1. The van der Waals surface area contributed by atoms with E-state index in [0.717, 1.165) is 18.9 Å². The van der Waals surface area contributed by atoms with E-state index in [0.29, 0.717) is 23.9 Å². The van der Waals surface area contributed by atoms with Crippen LogP contribution in [-0.2, 0) is 4.79 Å². The Morgan fingerprint density at radius 2 is 2.08 bits per heavy atom. The van der Waals surface area contributed by atoms with Gasteiger partial charge in [-0.05, 0) is 37.7 Å². The van der Waals surface area contributed by atoms with Gasteiger partial charge >= 0.3 is 0 Å². The molecule has 4 atom stereocenters. The zero-order valence-electron chi connectivity index (χ0n) is 13.9. The summed E-state index contributed by atoms with van der Waals surface area (Å²) < 4.78 is 27.0. The molecule has 2 N–H and O–H groups in total. The molecule has 0 aromatic heterocycles. The van der Waals surface area contributed by atoms with Gasteiger partial charge in [-0.3, -0.25) is 4.79 Å². The lowest BCUT2D eigenvalue weighted by Gasteiger charge is -2.24. The van der Waals surface area contributed by atoms with Gasteiger partial charge in [-0.1, -0.05) is 25.8 Å². The quantitative estimate of drug-likeness (QED) is 0.857. The Bertz CT molecular complexity index is 570. The highest BCUT2D eigenvalue weighted by atomic mass is 35.5. The summed E-state index contributed by atoms with van der Waals surface area (Å²) in [5.74, 6) is -0.698. The molecule has 0 bridgehead atoms. The number of nitrogens with one attached hydrogen (secondary N) is 2. The molecule has 1 aromatic rings. The van der Waals surface area contributed by atoms with E-state index >= 15 is 0 Å². The zero-order valence-corrected chi connectivity index (χ0v) is 14.7. The molecule has 1 saturated heterocycles. The van der Waals surface area contributed by atoms with Gasteiger partial charge in [0, 0.05) is 17.7 Å². The number of rotatable bonds is 4. The van der Waals surface area contributed by atoms with Crippen LogP contribution >= 0.6 is 12.4 Å². The predicted octanol–water partition coefficient (Wildman–Crippen LogP) is 3.87. The van der Waals surface area contributed by atoms with Crippen molar-refractivity contribution in [3.63, 3.8) is 0 Å². The van der Waals surface area contributed by atoms with Crippen molar-refractivity contribution in [3.05, 3.63) is 35.4 Å². The number of carbonyl (C=O) groups is 1. The van der Waals surface area contributed by atoms with Crippen molar-refractivity contribution in [2.45, 2.75) is 63.6 Å². The van der Waals surface area contributed by atoms with Gasteiger partial charge in [-0.2, -0.15) is 0 Å².